The van der Waals surface area contributed by atoms with Crippen LogP contribution < -0.4 is 10.1 Å². The zero-order valence-corrected chi connectivity index (χ0v) is 12.5. The summed E-state index contributed by atoms with van der Waals surface area (Å²) in [6.07, 6.45) is 0. The van der Waals surface area contributed by atoms with E-state index in [1.807, 2.05) is 47.4 Å². The van der Waals surface area contributed by atoms with E-state index >= 15 is 0 Å². The molecule has 0 bridgehead atoms. The minimum absolute atomic E-state index is 0.0497. The molecule has 0 unspecified atom stereocenters. The van der Waals surface area contributed by atoms with Crippen molar-refractivity contribution < 1.29 is 9.53 Å². The topological polar surface area (TPSA) is 41.6 Å². The molecule has 1 aliphatic heterocycles. The SMILES string of the molecule is O=C(COc1ccc(-c2ccccc2)cc1)N1CCNCC1. The van der Waals surface area contributed by atoms with Gasteiger partial charge < -0.3 is 15.0 Å². The second-order valence-electron chi connectivity index (χ2n) is 5.31. The Morgan fingerprint density at radius 2 is 1.59 bits per heavy atom. The van der Waals surface area contributed by atoms with E-state index < -0.39 is 0 Å². The molecule has 114 valence electrons. The van der Waals surface area contributed by atoms with Gasteiger partial charge in [-0.2, -0.15) is 0 Å². The molecule has 1 amide bonds. The summed E-state index contributed by atoms with van der Waals surface area (Å²) in [7, 11) is 0. The quantitative estimate of drug-likeness (QED) is 0.940. The molecule has 2 aromatic carbocycles. The molecule has 22 heavy (non-hydrogen) atoms. The smallest absolute Gasteiger partial charge is 0.260 e. The first-order chi connectivity index (χ1) is 10.8. The third kappa shape index (κ3) is 3.65. The normalized spacial score (nSPS) is 14.6. The summed E-state index contributed by atoms with van der Waals surface area (Å²) in [5.74, 6) is 0.775. The first-order valence-corrected chi connectivity index (χ1v) is 7.60. The van der Waals surface area contributed by atoms with Crippen molar-refractivity contribution in [2.75, 3.05) is 32.8 Å². The minimum atomic E-state index is 0.0497. The van der Waals surface area contributed by atoms with E-state index in [4.69, 9.17) is 4.74 Å². The summed E-state index contributed by atoms with van der Waals surface area (Å²) < 4.78 is 5.60. The molecular weight excluding hydrogens is 276 g/mol. The van der Waals surface area contributed by atoms with Crippen molar-refractivity contribution in [1.82, 2.24) is 10.2 Å². The second-order valence-corrected chi connectivity index (χ2v) is 5.31. The summed E-state index contributed by atoms with van der Waals surface area (Å²) in [4.78, 5) is 13.9. The van der Waals surface area contributed by atoms with Crippen LogP contribution in [-0.4, -0.2) is 43.6 Å². The van der Waals surface area contributed by atoms with Crippen molar-refractivity contribution in [2.24, 2.45) is 0 Å². The van der Waals surface area contributed by atoms with E-state index in [1.165, 1.54) is 5.56 Å². The summed E-state index contributed by atoms with van der Waals surface area (Å²) in [5.41, 5.74) is 2.31. The summed E-state index contributed by atoms with van der Waals surface area (Å²) >= 11 is 0. The highest BCUT2D eigenvalue weighted by Gasteiger charge is 2.16. The van der Waals surface area contributed by atoms with Crippen molar-refractivity contribution in [3.8, 4) is 16.9 Å². The third-order valence-corrected chi connectivity index (χ3v) is 3.79. The van der Waals surface area contributed by atoms with Crippen molar-refractivity contribution in [3.05, 3.63) is 54.6 Å². The van der Waals surface area contributed by atoms with E-state index in [0.29, 0.717) is 0 Å². The van der Waals surface area contributed by atoms with E-state index in [1.54, 1.807) is 0 Å². The maximum atomic E-state index is 12.0. The van der Waals surface area contributed by atoms with Gasteiger partial charge in [-0.25, -0.2) is 0 Å². The molecule has 1 heterocycles. The molecule has 0 saturated carbocycles. The molecule has 1 fully saturated rings. The summed E-state index contributed by atoms with van der Waals surface area (Å²) in [6.45, 7) is 3.34. The van der Waals surface area contributed by atoms with E-state index in [-0.39, 0.29) is 12.5 Å². The fraction of sp³-hybridized carbons (Fsp3) is 0.278. The van der Waals surface area contributed by atoms with E-state index in [0.717, 1.165) is 37.5 Å². The highest BCUT2D eigenvalue weighted by Crippen LogP contribution is 2.22. The van der Waals surface area contributed by atoms with E-state index in [2.05, 4.69) is 17.4 Å². The predicted molar refractivity (Wildman–Crippen MR) is 86.8 cm³/mol. The van der Waals surface area contributed by atoms with Gasteiger partial charge in [0.15, 0.2) is 6.61 Å². The van der Waals surface area contributed by atoms with Crippen LogP contribution in [0.25, 0.3) is 11.1 Å². The number of carbonyl (C=O) groups is 1. The Kier molecular flexibility index (Phi) is 4.71. The molecule has 0 atom stereocenters. The lowest BCUT2D eigenvalue weighted by Gasteiger charge is -2.27. The van der Waals surface area contributed by atoms with Gasteiger partial charge in [0.05, 0.1) is 0 Å². The van der Waals surface area contributed by atoms with Gasteiger partial charge in [0.2, 0.25) is 0 Å². The average Bonchev–Trinajstić information content (AvgIpc) is 2.61. The Labute approximate surface area is 130 Å². The number of nitrogens with zero attached hydrogens (tertiary/aromatic N) is 1. The molecule has 0 radical (unpaired) electrons. The van der Waals surface area contributed by atoms with E-state index in [9.17, 15) is 4.79 Å². The lowest BCUT2D eigenvalue weighted by Crippen LogP contribution is -2.47. The van der Waals surface area contributed by atoms with Crippen LogP contribution in [0.1, 0.15) is 0 Å². The number of ether oxygens (including phenoxy) is 1. The lowest BCUT2D eigenvalue weighted by atomic mass is 10.1. The molecule has 1 aliphatic rings. The molecule has 0 aliphatic carbocycles. The Balaban J connectivity index is 1.56. The largest absolute Gasteiger partial charge is 0.484 e. The van der Waals surface area contributed by atoms with Crippen molar-refractivity contribution in [2.45, 2.75) is 0 Å². The first kappa shape index (κ1) is 14.6. The molecule has 0 aromatic heterocycles. The zero-order chi connectivity index (χ0) is 15.2. The number of rotatable bonds is 4. The van der Waals surface area contributed by atoms with Gasteiger partial charge >= 0.3 is 0 Å². The molecule has 4 heteroatoms. The second kappa shape index (κ2) is 7.09. The van der Waals surface area contributed by atoms with Gasteiger partial charge in [-0.1, -0.05) is 42.5 Å². The summed E-state index contributed by atoms with van der Waals surface area (Å²) in [5, 5.41) is 3.23. The fourth-order valence-corrected chi connectivity index (χ4v) is 2.52. The molecule has 4 nitrogen and oxygen atoms in total. The number of carbonyl (C=O) groups excluding carboxylic acids is 1. The van der Waals surface area contributed by atoms with Crippen LogP contribution in [0, 0.1) is 0 Å². The highest BCUT2D eigenvalue weighted by molar-refractivity contribution is 5.78. The van der Waals surface area contributed by atoms with Crippen LogP contribution in [0.2, 0.25) is 0 Å². The van der Waals surface area contributed by atoms with Crippen molar-refractivity contribution in [3.63, 3.8) is 0 Å². The highest BCUT2D eigenvalue weighted by atomic mass is 16.5. The Hall–Kier alpha value is -2.33. The first-order valence-electron chi connectivity index (χ1n) is 7.60. The zero-order valence-electron chi connectivity index (χ0n) is 12.5. The van der Waals surface area contributed by atoms with Gasteiger partial charge in [-0.3, -0.25) is 4.79 Å². The molecule has 1 N–H and O–H groups in total. The van der Waals surface area contributed by atoms with Crippen LogP contribution in [-0.2, 0) is 4.79 Å². The molecule has 3 rings (SSSR count). The lowest BCUT2D eigenvalue weighted by molar-refractivity contribution is -0.133. The van der Waals surface area contributed by atoms with Gasteiger partial charge in [-0.15, -0.1) is 0 Å². The Morgan fingerprint density at radius 3 is 2.27 bits per heavy atom. The predicted octanol–water partition coefficient (Wildman–Crippen LogP) is 2.16. The van der Waals surface area contributed by atoms with Crippen LogP contribution in [0.5, 0.6) is 5.75 Å². The average molecular weight is 296 g/mol. The molecule has 2 aromatic rings. The van der Waals surface area contributed by atoms with Gasteiger partial charge in [0.1, 0.15) is 5.75 Å². The number of amides is 1. The molecule has 0 spiro atoms. The van der Waals surface area contributed by atoms with Crippen molar-refractivity contribution >= 4 is 5.91 Å². The minimum Gasteiger partial charge on any atom is -0.484 e. The van der Waals surface area contributed by atoms with Crippen molar-refractivity contribution in [1.29, 1.82) is 0 Å². The number of benzene rings is 2. The standard InChI is InChI=1S/C18H20N2O2/c21-18(20-12-10-19-11-13-20)14-22-17-8-6-16(7-9-17)15-4-2-1-3-5-15/h1-9,19H,10-14H2. The third-order valence-electron chi connectivity index (χ3n) is 3.79. The van der Waals surface area contributed by atoms with Crippen LogP contribution in [0.15, 0.2) is 54.6 Å². The van der Waals surface area contributed by atoms with Crippen LogP contribution in [0.3, 0.4) is 0 Å². The fourth-order valence-electron chi connectivity index (χ4n) is 2.52. The maximum Gasteiger partial charge on any atom is 0.260 e. The monoisotopic (exact) mass is 296 g/mol. The molecule has 1 saturated heterocycles. The van der Waals surface area contributed by atoms with Gasteiger partial charge in [0, 0.05) is 26.2 Å². The Morgan fingerprint density at radius 1 is 0.955 bits per heavy atom. The number of hydrogen-bond donors (Lipinski definition) is 1. The van der Waals surface area contributed by atoms with Gasteiger partial charge in [0.25, 0.3) is 5.91 Å². The van der Waals surface area contributed by atoms with Crippen LogP contribution in [0.4, 0.5) is 0 Å². The number of hydrogen-bond acceptors (Lipinski definition) is 3. The molecular formula is C18H20N2O2. The maximum absolute atomic E-state index is 12.0. The van der Waals surface area contributed by atoms with Crippen LogP contribution >= 0.6 is 0 Å². The summed E-state index contributed by atoms with van der Waals surface area (Å²) in [6, 6.07) is 18.0. The Bertz CT molecular complexity index is 605. The number of nitrogens with one attached hydrogen (secondary N) is 1. The van der Waals surface area contributed by atoms with Gasteiger partial charge in [-0.05, 0) is 23.3 Å². The number of piperazine rings is 1.